The number of hydrogen-bond donors (Lipinski definition) is 1. The molecule has 204 valence electrons. The number of benzene rings is 1. The largest absolute Gasteiger partial charge is 1.00 e. The van der Waals surface area contributed by atoms with Crippen molar-refractivity contribution in [1.82, 2.24) is 0 Å². The normalized spacial score (nSPS) is 20.8. The van der Waals surface area contributed by atoms with E-state index in [0.29, 0.717) is 23.4 Å². The van der Waals surface area contributed by atoms with Crippen LogP contribution in [-0.4, -0.2) is 55.5 Å². The summed E-state index contributed by atoms with van der Waals surface area (Å²) in [6.45, 7) is 11.8. The lowest BCUT2D eigenvalue weighted by Gasteiger charge is -2.47. The molecule has 6 heteroatoms. The summed E-state index contributed by atoms with van der Waals surface area (Å²) in [5, 5.41) is 11.3. The summed E-state index contributed by atoms with van der Waals surface area (Å²) in [6, 6.07) is 4.14. The van der Waals surface area contributed by atoms with E-state index in [2.05, 4.69) is 46.8 Å². The number of likely N-dealkylation sites (N-methyl/N-ethyl adjacent to an activating group) is 1. The van der Waals surface area contributed by atoms with Crippen molar-refractivity contribution in [3.63, 3.8) is 0 Å². The first-order valence-electron chi connectivity index (χ1n) is 13.4. The first-order valence-corrected chi connectivity index (χ1v) is 13.4. The van der Waals surface area contributed by atoms with Crippen molar-refractivity contribution in [3.8, 4) is 11.5 Å². The van der Waals surface area contributed by atoms with Crippen molar-refractivity contribution in [2.24, 2.45) is 5.92 Å². The summed E-state index contributed by atoms with van der Waals surface area (Å²) in [4.78, 5) is 12.3. The molecule has 1 aliphatic carbocycles. The van der Waals surface area contributed by atoms with Crippen LogP contribution in [0.1, 0.15) is 96.6 Å². The molecular weight excluding hydrogens is 518 g/mol. The highest BCUT2D eigenvalue weighted by atomic mass is 79.9. The molecule has 0 aromatic heterocycles. The zero-order valence-electron chi connectivity index (χ0n) is 23.7. The molecule has 5 nitrogen and oxygen atoms in total. The van der Waals surface area contributed by atoms with Crippen LogP contribution in [-0.2, 0) is 14.9 Å². The Kier molecular flexibility index (Phi) is 10.1. The number of carbonyl (C=O) groups is 1. The molecule has 0 bridgehead atoms. The Hall–Kier alpha value is -1.53. The number of phenolic OH excluding ortho intramolecular Hbond substituents is 1. The molecule has 1 aromatic carbocycles. The number of phenols is 1. The van der Waals surface area contributed by atoms with Gasteiger partial charge in [-0.15, -0.1) is 0 Å². The fourth-order valence-corrected chi connectivity index (χ4v) is 5.72. The summed E-state index contributed by atoms with van der Waals surface area (Å²) < 4.78 is 12.7. The Morgan fingerprint density at radius 3 is 2.53 bits per heavy atom. The van der Waals surface area contributed by atoms with Gasteiger partial charge in [0.2, 0.25) is 0 Å². The van der Waals surface area contributed by atoms with E-state index in [0.717, 1.165) is 41.7 Å². The van der Waals surface area contributed by atoms with Crippen LogP contribution in [0, 0.1) is 5.92 Å². The number of aromatic hydroxyl groups is 1. The second kappa shape index (κ2) is 11.9. The number of carbonyl (C=O) groups excluding carboxylic acids is 1. The summed E-state index contributed by atoms with van der Waals surface area (Å²) >= 11 is 0. The number of quaternary nitrogens is 1. The van der Waals surface area contributed by atoms with Crippen molar-refractivity contribution in [2.45, 2.75) is 96.5 Å². The number of rotatable bonds is 10. The lowest BCUT2D eigenvalue weighted by molar-refractivity contribution is -0.862. The minimum absolute atomic E-state index is 0. The van der Waals surface area contributed by atoms with Gasteiger partial charge in [0.05, 0.1) is 21.1 Å². The molecule has 3 rings (SSSR count). The Balaban J connectivity index is 0.00000456. The highest BCUT2D eigenvalue weighted by Crippen LogP contribution is 2.55. The number of esters is 1. The Morgan fingerprint density at radius 2 is 1.89 bits per heavy atom. The van der Waals surface area contributed by atoms with Crippen molar-refractivity contribution in [2.75, 3.05) is 34.3 Å². The number of hydrogen-bond acceptors (Lipinski definition) is 4. The minimum atomic E-state index is -0.337. The van der Waals surface area contributed by atoms with Gasteiger partial charge >= 0.3 is 5.97 Å². The van der Waals surface area contributed by atoms with Crippen LogP contribution in [0.5, 0.6) is 11.5 Å². The van der Waals surface area contributed by atoms with Gasteiger partial charge in [0.15, 0.2) is 6.54 Å². The van der Waals surface area contributed by atoms with Gasteiger partial charge in [0.1, 0.15) is 23.7 Å². The van der Waals surface area contributed by atoms with Gasteiger partial charge in [0.25, 0.3) is 0 Å². The van der Waals surface area contributed by atoms with Crippen LogP contribution >= 0.6 is 0 Å². The summed E-state index contributed by atoms with van der Waals surface area (Å²) in [6.07, 6.45) is 9.87. The quantitative estimate of drug-likeness (QED) is 0.204. The molecule has 0 amide bonds. The fourth-order valence-electron chi connectivity index (χ4n) is 5.72. The molecule has 1 aliphatic heterocycles. The molecule has 1 aromatic rings. The van der Waals surface area contributed by atoms with Crippen LogP contribution in [0.4, 0.5) is 0 Å². The smallest absolute Gasteiger partial charge is 0.362 e. The van der Waals surface area contributed by atoms with E-state index >= 15 is 0 Å². The SMILES string of the molecule is CCCCCCC(C)(C)c1cc(O)c2c(c1)OC(C)(C)C1CC=C(COC(=O)C[N+](C)(C)C)C[C@H]21.[Br-]. The second-order valence-electron chi connectivity index (χ2n) is 12.9. The topological polar surface area (TPSA) is 55.8 Å². The Labute approximate surface area is 229 Å². The van der Waals surface area contributed by atoms with Crippen molar-refractivity contribution in [3.05, 3.63) is 34.9 Å². The van der Waals surface area contributed by atoms with Crippen LogP contribution in [0.2, 0.25) is 0 Å². The number of ether oxygens (including phenoxy) is 2. The third-order valence-electron chi connectivity index (χ3n) is 7.84. The number of nitrogens with zero attached hydrogens (tertiary/aromatic N) is 1. The summed E-state index contributed by atoms with van der Waals surface area (Å²) in [5.74, 6) is 1.39. The molecule has 0 spiro atoms. The third kappa shape index (κ3) is 7.50. The van der Waals surface area contributed by atoms with E-state index in [-0.39, 0.29) is 45.8 Å². The number of halogens is 1. The average molecular weight is 567 g/mol. The molecule has 0 saturated heterocycles. The van der Waals surface area contributed by atoms with E-state index in [9.17, 15) is 9.90 Å². The molecule has 1 heterocycles. The van der Waals surface area contributed by atoms with Crippen LogP contribution in [0.3, 0.4) is 0 Å². The molecule has 1 N–H and O–H groups in total. The summed E-state index contributed by atoms with van der Waals surface area (Å²) in [5.41, 5.74) is 2.83. The Morgan fingerprint density at radius 1 is 1.19 bits per heavy atom. The number of allylic oxidation sites excluding steroid dienone is 1. The molecule has 2 aliphatic rings. The van der Waals surface area contributed by atoms with Crippen LogP contribution < -0.4 is 21.7 Å². The zero-order chi connectivity index (χ0) is 26.0. The second-order valence-corrected chi connectivity index (χ2v) is 12.9. The van der Waals surface area contributed by atoms with Gasteiger partial charge in [-0.3, -0.25) is 0 Å². The monoisotopic (exact) mass is 565 g/mol. The van der Waals surface area contributed by atoms with Crippen molar-refractivity contribution < 1.29 is 40.8 Å². The van der Waals surface area contributed by atoms with Gasteiger partial charge in [-0.05, 0) is 61.8 Å². The maximum atomic E-state index is 12.3. The van der Waals surface area contributed by atoms with Crippen molar-refractivity contribution >= 4 is 5.97 Å². The lowest BCUT2D eigenvalue weighted by atomic mass is 9.66. The average Bonchev–Trinajstić information content (AvgIpc) is 2.73. The molecule has 36 heavy (non-hydrogen) atoms. The molecule has 0 fully saturated rings. The first kappa shape index (κ1) is 30.7. The number of fused-ring (bicyclic) bond motifs is 3. The van der Waals surface area contributed by atoms with E-state index in [1.165, 1.54) is 25.7 Å². The molecule has 0 saturated carbocycles. The summed E-state index contributed by atoms with van der Waals surface area (Å²) in [7, 11) is 5.95. The number of unbranched alkanes of at least 4 members (excludes halogenated alkanes) is 3. The first-order chi connectivity index (χ1) is 16.2. The maximum Gasteiger partial charge on any atom is 0.362 e. The molecule has 0 radical (unpaired) electrons. The third-order valence-corrected chi connectivity index (χ3v) is 7.84. The molecular formula is C30H48BrNO4. The van der Waals surface area contributed by atoms with Crippen LogP contribution in [0.15, 0.2) is 23.8 Å². The van der Waals surface area contributed by atoms with Crippen molar-refractivity contribution in [1.29, 1.82) is 0 Å². The van der Waals surface area contributed by atoms with Gasteiger partial charge in [-0.1, -0.05) is 52.5 Å². The van der Waals surface area contributed by atoms with Crippen LogP contribution in [0.25, 0.3) is 0 Å². The lowest BCUT2D eigenvalue weighted by Crippen LogP contribution is -3.00. The van der Waals surface area contributed by atoms with E-state index in [1.807, 2.05) is 27.2 Å². The van der Waals surface area contributed by atoms with Gasteiger partial charge in [0, 0.05) is 17.4 Å². The fraction of sp³-hybridized carbons (Fsp3) is 0.700. The predicted octanol–water partition coefficient (Wildman–Crippen LogP) is 3.48. The molecule has 1 unspecified atom stereocenters. The highest BCUT2D eigenvalue weighted by molar-refractivity contribution is 5.70. The van der Waals surface area contributed by atoms with Gasteiger partial charge in [-0.25, -0.2) is 4.79 Å². The maximum absolute atomic E-state index is 12.3. The molecule has 2 atom stereocenters. The van der Waals surface area contributed by atoms with E-state index in [1.54, 1.807) is 0 Å². The van der Waals surface area contributed by atoms with Gasteiger partial charge < -0.3 is 36.0 Å². The zero-order valence-corrected chi connectivity index (χ0v) is 25.3. The highest BCUT2D eigenvalue weighted by Gasteiger charge is 2.46. The Bertz CT molecular complexity index is 945. The minimum Gasteiger partial charge on any atom is -1.00 e. The standard InChI is InChI=1S/C30H47NO4.BrH/c1-9-10-11-12-15-29(2,3)22-17-25(32)28-23-16-21(20-34-27(33)19-31(6,7)8)13-14-24(23)30(4,5)35-26(28)18-22;/h13,17-18,23-24H,9-12,14-16,19-20H2,1-8H3;1H/t23-,24?;/m0./s1. The van der Waals surface area contributed by atoms with E-state index in [4.69, 9.17) is 9.47 Å². The van der Waals surface area contributed by atoms with E-state index < -0.39 is 0 Å². The predicted molar refractivity (Wildman–Crippen MR) is 142 cm³/mol. The van der Waals surface area contributed by atoms with Gasteiger partial charge in [-0.2, -0.15) is 0 Å².